The van der Waals surface area contributed by atoms with Crippen molar-refractivity contribution in [1.82, 2.24) is 4.90 Å². The largest absolute Gasteiger partial charge is 0.338 e. The molecular formula is C24H30N2O2. The maximum Gasteiger partial charge on any atom is 0.228 e. The van der Waals surface area contributed by atoms with Crippen LogP contribution in [0, 0.1) is 18.8 Å². The maximum absolute atomic E-state index is 12.9. The number of hydrogen-bond donors (Lipinski definition) is 1. The Morgan fingerprint density at radius 2 is 1.79 bits per heavy atom. The van der Waals surface area contributed by atoms with Gasteiger partial charge in [0.15, 0.2) is 0 Å². The second kappa shape index (κ2) is 8.59. The Kier molecular flexibility index (Phi) is 6.18. The van der Waals surface area contributed by atoms with Crippen molar-refractivity contribution in [3.05, 3.63) is 65.2 Å². The molecule has 4 heteroatoms. The molecule has 0 aromatic heterocycles. The van der Waals surface area contributed by atoms with Crippen molar-refractivity contribution in [3.8, 4) is 0 Å². The van der Waals surface area contributed by atoms with E-state index in [1.54, 1.807) is 0 Å². The lowest BCUT2D eigenvalue weighted by atomic mass is 9.98. The topological polar surface area (TPSA) is 49.4 Å². The van der Waals surface area contributed by atoms with Gasteiger partial charge in [0.25, 0.3) is 0 Å². The summed E-state index contributed by atoms with van der Waals surface area (Å²) in [6, 6.07) is 16.1. The molecule has 148 valence electrons. The third-order valence-electron chi connectivity index (χ3n) is 5.53. The minimum absolute atomic E-state index is 0.0367. The van der Waals surface area contributed by atoms with Gasteiger partial charge in [0.05, 0.1) is 11.8 Å². The molecule has 2 atom stereocenters. The molecule has 0 heterocycles. The fraction of sp³-hybridized carbons (Fsp3) is 0.417. The summed E-state index contributed by atoms with van der Waals surface area (Å²) in [5.74, 6) is -0.0499. The van der Waals surface area contributed by atoms with Crippen molar-refractivity contribution >= 4 is 17.5 Å². The molecule has 28 heavy (non-hydrogen) atoms. The first-order valence-electron chi connectivity index (χ1n) is 10.2. The number of aryl methyl sites for hydroxylation is 1. The Morgan fingerprint density at radius 1 is 1.07 bits per heavy atom. The molecule has 0 spiro atoms. The number of carbonyl (C=O) groups is 2. The number of hydrogen-bond acceptors (Lipinski definition) is 2. The molecule has 0 radical (unpaired) electrons. The van der Waals surface area contributed by atoms with Crippen LogP contribution in [0.1, 0.15) is 49.8 Å². The van der Waals surface area contributed by atoms with Crippen LogP contribution in [0.2, 0.25) is 0 Å². The molecular weight excluding hydrogens is 348 g/mol. The number of para-hydroxylation sites is 1. The average molecular weight is 379 g/mol. The van der Waals surface area contributed by atoms with E-state index in [-0.39, 0.29) is 23.7 Å². The van der Waals surface area contributed by atoms with E-state index in [0.29, 0.717) is 25.4 Å². The predicted octanol–water partition coefficient (Wildman–Crippen LogP) is 4.74. The highest BCUT2D eigenvalue weighted by Crippen LogP contribution is 2.41. The predicted molar refractivity (Wildman–Crippen MR) is 113 cm³/mol. The van der Waals surface area contributed by atoms with E-state index >= 15 is 0 Å². The van der Waals surface area contributed by atoms with Crippen LogP contribution in [0.5, 0.6) is 0 Å². The van der Waals surface area contributed by atoms with Crippen molar-refractivity contribution in [3.63, 3.8) is 0 Å². The molecule has 1 N–H and O–H groups in total. The summed E-state index contributed by atoms with van der Waals surface area (Å²) in [7, 11) is 0. The first-order valence-corrected chi connectivity index (χ1v) is 10.2. The van der Waals surface area contributed by atoms with Gasteiger partial charge in [0, 0.05) is 18.8 Å². The minimum atomic E-state index is -0.225. The Bertz CT molecular complexity index is 845. The fourth-order valence-electron chi connectivity index (χ4n) is 3.70. The van der Waals surface area contributed by atoms with Crippen molar-refractivity contribution in [2.75, 3.05) is 11.9 Å². The molecule has 0 saturated heterocycles. The molecule has 2 unspecified atom stereocenters. The minimum Gasteiger partial charge on any atom is -0.338 e. The summed E-state index contributed by atoms with van der Waals surface area (Å²) in [5, 5.41) is 3.10. The van der Waals surface area contributed by atoms with E-state index in [9.17, 15) is 9.59 Å². The normalized spacial score (nSPS) is 18.0. The van der Waals surface area contributed by atoms with Crippen molar-refractivity contribution in [2.24, 2.45) is 11.8 Å². The van der Waals surface area contributed by atoms with Gasteiger partial charge in [-0.05, 0) is 42.9 Å². The van der Waals surface area contributed by atoms with Gasteiger partial charge in [-0.2, -0.15) is 0 Å². The van der Waals surface area contributed by atoms with Gasteiger partial charge in [-0.15, -0.1) is 0 Å². The Labute approximate surface area is 167 Å². The lowest BCUT2D eigenvalue weighted by Gasteiger charge is -2.21. The number of anilines is 1. The van der Waals surface area contributed by atoms with Gasteiger partial charge in [-0.25, -0.2) is 0 Å². The Hall–Kier alpha value is -2.62. The third kappa shape index (κ3) is 4.44. The highest BCUT2D eigenvalue weighted by molar-refractivity contribution is 6.00. The number of benzene rings is 2. The highest BCUT2D eigenvalue weighted by atomic mass is 16.2. The average Bonchev–Trinajstić information content (AvgIpc) is 3.48. The van der Waals surface area contributed by atoms with Crippen LogP contribution in [0.15, 0.2) is 48.5 Å². The SMILES string of the molecule is CCN(Cc1ccccc1)C(=O)C1CC1C(=O)Nc1c(C)cccc1C(C)C. The summed E-state index contributed by atoms with van der Waals surface area (Å²) in [6.07, 6.45) is 0.638. The van der Waals surface area contributed by atoms with Crippen LogP contribution in [0.25, 0.3) is 0 Å². The van der Waals surface area contributed by atoms with Gasteiger partial charge in [-0.3, -0.25) is 9.59 Å². The molecule has 1 fully saturated rings. The van der Waals surface area contributed by atoms with Gasteiger partial charge >= 0.3 is 0 Å². The molecule has 1 aliphatic rings. The van der Waals surface area contributed by atoms with Gasteiger partial charge in [0.2, 0.25) is 11.8 Å². The molecule has 1 saturated carbocycles. The summed E-state index contributed by atoms with van der Waals surface area (Å²) < 4.78 is 0. The first-order chi connectivity index (χ1) is 13.4. The second-order valence-electron chi connectivity index (χ2n) is 7.97. The van der Waals surface area contributed by atoms with Crippen LogP contribution >= 0.6 is 0 Å². The Morgan fingerprint density at radius 3 is 2.43 bits per heavy atom. The number of nitrogens with zero attached hydrogens (tertiary/aromatic N) is 1. The lowest BCUT2D eigenvalue weighted by Crippen LogP contribution is -2.33. The van der Waals surface area contributed by atoms with E-state index in [1.165, 1.54) is 0 Å². The van der Waals surface area contributed by atoms with Crippen LogP contribution in [-0.2, 0) is 16.1 Å². The number of carbonyl (C=O) groups excluding carboxylic acids is 2. The third-order valence-corrected chi connectivity index (χ3v) is 5.53. The molecule has 2 aromatic rings. The van der Waals surface area contributed by atoms with Crippen LogP contribution < -0.4 is 5.32 Å². The molecule has 0 aliphatic heterocycles. The van der Waals surface area contributed by atoms with Crippen molar-refractivity contribution in [2.45, 2.75) is 46.6 Å². The first kappa shape index (κ1) is 20.1. The second-order valence-corrected chi connectivity index (χ2v) is 7.97. The monoisotopic (exact) mass is 378 g/mol. The molecule has 0 bridgehead atoms. The number of nitrogens with one attached hydrogen (secondary N) is 1. The highest BCUT2D eigenvalue weighted by Gasteiger charge is 2.49. The molecule has 3 rings (SSSR count). The van der Waals surface area contributed by atoms with Crippen LogP contribution in [0.4, 0.5) is 5.69 Å². The zero-order chi connectivity index (χ0) is 20.3. The van der Waals surface area contributed by atoms with E-state index in [2.05, 4.69) is 25.2 Å². The van der Waals surface area contributed by atoms with E-state index < -0.39 is 0 Å². The fourth-order valence-corrected chi connectivity index (χ4v) is 3.70. The van der Waals surface area contributed by atoms with Crippen molar-refractivity contribution < 1.29 is 9.59 Å². The zero-order valence-corrected chi connectivity index (χ0v) is 17.2. The molecule has 4 nitrogen and oxygen atoms in total. The van der Waals surface area contributed by atoms with E-state index in [4.69, 9.17) is 0 Å². The summed E-state index contributed by atoms with van der Waals surface area (Å²) in [6.45, 7) is 9.48. The van der Waals surface area contributed by atoms with Gasteiger partial charge in [-0.1, -0.05) is 62.4 Å². The van der Waals surface area contributed by atoms with Gasteiger partial charge < -0.3 is 10.2 Å². The molecule has 2 amide bonds. The maximum atomic E-state index is 12.9. The van der Waals surface area contributed by atoms with Crippen LogP contribution in [0.3, 0.4) is 0 Å². The van der Waals surface area contributed by atoms with Crippen LogP contribution in [-0.4, -0.2) is 23.3 Å². The summed E-state index contributed by atoms with van der Waals surface area (Å²) >= 11 is 0. The van der Waals surface area contributed by atoms with Crippen molar-refractivity contribution in [1.29, 1.82) is 0 Å². The molecule has 2 aromatic carbocycles. The summed E-state index contributed by atoms with van der Waals surface area (Å²) in [4.78, 5) is 27.5. The van der Waals surface area contributed by atoms with E-state index in [1.807, 2.05) is 61.2 Å². The standard InChI is InChI=1S/C24H30N2O2/c1-5-26(15-18-11-7-6-8-12-18)24(28)21-14-20(21)23(27)25-22-17(4)10-9-13-19(22)16(2)3/h6-13,16,20-21H,5,14-15H2,1-4H3,(H,25,27). The quantitative estimate of drug-likeness (QED) is 0.756. The van der Waals surface area contributed by atoms with E-state index in [0.717, 1.165) is 22.4 Å². The van der Waals surface area contributed by atoms with Gasteiger partial charge in [0.1, 0.15) is 0 Å². The Balaban J connectivity index is 1.64. The lowest BCUT2D eigenvalue weighted by molar-refractivity contribution is -0.134. The number of rotatable bonds is 7. The zero-order valence-electron chi connectivity index (χ0n) is 17.2. The number of amides is 2. The molecule has 1 aliphatic carbocycles. The smallest absolute Gasteiger partial charge is 0.228 e. The summed E-state index contributed by atoms with van der Waals surface area (Å²) in [5.41, 5.74) is 4.21.